The van der Waals surface area contributed by atoms with Crippen LogP contribution in [-0.2, 0) is 0 Å². The van der Waals surface area contributed by atoms with Gasteiger partial charge in [0.15, 0.2) is 5.69 Å². The summed E-state index contributed by atoms with van der Waals surface area (Å²) in [6.07, 6.45) is 0.943. The molecule has 7 nitrogen and oxygen atoms in total. The number of nitrogens with zero attached hydrogens (tertiary/aromatic N) is 2. The van der Waals surface area contributed by atoms with Crippen LogP contribution in [0.25, 0.3) is 0 Å². The molecule has 3 rings (SSSR count). The monoisotopic (exact) mass is 287 g/mol. The number of carbonyl (C=O) groups excluding carboxylic acids is 1. The number of nitrogens with one attached hydrogen (secondary N) is 3. The summed E-state index contributed by atoms with van der Waals surface area (Å²) in [5.74, 6) is -0.00303. The Balaban J connectivity index is 1.81. The average molecular weight is 287 g/mol. The summed E-state index contributed by atoms with van der Waals surface area (Å²) in [6.45, 7) is 3.57. The van der Waals surface area contributed by atoms with Crippen LogP contribution < -0.4 is 10.6 Å². The van der Waals surface area contributed by atoms with Gasteiger partial charge in [0.1, 0.15) is 5.75 Å². The third-order valence-corrected chi connectivity index (χ3v) is 3.56. The predicted octanol–water partition coefficient (Wildman–Crippen LogP) is 1.15. The van der Waals surface area contributed by atoms with E-state index in [0.717, 1.165) is 25.1 Å². The molecule has 1 fully saturated rings. The van der Waals surface area contributed by atoms with E-state index in [1.54, 1.807) is 12.1 Å². The summed E-state index contributed by atoms with van der Waals surface area (Å²) >= 11 is 0. The van der Waals surface area contributed by atoms with Crippen molar-refractivity contribution in [1.29, 1.82) is 0 Å². The van der Waals surface area contributed by atoms with Crippen molar-refractivity contribution in [3.63, 3.8) is 0 Å². The first-order chi connectivity index (χ1) is 10.1. The minimum atomic E-state index is -0.323. The number of aromatic amines is 1. The van der Waals surface area contributed by atoms with E-state index < -0.39 is 0 Å². The molecule has 0 bridgehead atoms. The van der Waals surface area contributed by atoms with Crippen LogP contribution in [0, 0.1) is 6.92 Å². The topological polar surface area (TPSA) is 103 Å². The number of phenolic OH excluding ortho intramolecular Hbond substituents is 1. The zero-order valence-corrected chi connectivity index (χ0v) is 11.7. The van der Waals surface area contributed by atoms with Crippen molar-refractivity contribution in [1.82, 2.24) is 20.7 Å². The molecule has 110 valence electrons. The maximum absolute atomic E-state index is 12.3. The number of amides is 1. The quantitative estimate of drug-likeness (QED) is 0.678. The number of aromatic nitrogens is 3. The molecule has 7 heteroatoms. The molecule has 0 aliphatic carbocycles. The second-order valence-corrected chi connectivity index (χ2v) is 5.26. The molecule has 1 aliphatic heterocycles. The molecule has 1 aliphatic rings. The molecule has 1 aromatic carbocycles. The summed E-state index contributed by atoms with van der Waals surface area (Å²) in [7, 11) is 0. The van der Waals surface area contributed by atoms with Gasteiger partial charge >= 0.3 is 0 Å². The fourth-order valence-corrected chi connectivity index (χ4v) is 2.60. The molecule has 0 saturated carbocycles. The van der Waals surface area contributed by atoms with E-state index in [4.69, 9.17) is 0 Å². The Morgan fingerprint density at radius 1 is 1.38 bits per heavy atom. The van der Waals surface area contributed by atoms with Crippen molar-refractivity contribution in [2.45, 2.75) is 19.3 Å². The number of benzene rings is 1. The first-order valence-corrected chi connectivity index (χ1v) is 6.87. The smallest absolute Gasteiger partial charge is 0.278 e. The molecule has 4 N–H and O–H groups in total. The molecular formula is C14H17N5O2. The van der Waals surface area contributed by atoms with Crippen molar-refractivity contribution in [3.8, 4) is 5.75 Å². The van der Waals surface area contributed by atoms with E-state index in [1.807, 2.05) is 6.92 Å². The molecule has 21 heavy (non-hydrogen) atoms. The van der Waals surface area contributed by atoms with E-state index >= 15 is 0 Å². The fourth-order valence-electron chi connectivity index (χ4n) is 2.60. The number of aryl methyl sites for hydroxylation is 1. The lowest BCUT2D eigenvalue weighted by molar-refractivity contribution is 0.102. The van der Waals surface area contributed by atoms with Crippen LogP contribution >= 0.6 is 0 Å². The van der Waals surface area contributed by atoms with Gasteiger partial charge in [0.05, 0.1) is 5.69 Å². The van der Waals surface area contributed by atoms with Gasteiger partial charge in [-0.2, -0.15) is 15.4 Å². The molecule has 0 radical (unpaired) electrons. The number of rotatable bonds is 3. The van der Waals surface area contributed by atoms with Gasteiger partial charge in [-0.15, -0.1) is 0 Å². The Morgan fingerprint density at radius 3 is 2.95 bits per heavy atom. The maximum atomic E-state index is 12.3. The number of hydrogen-bond donors (Lipinski definition) is 4. The number of H-pyrrole nitrogens is 1. The summed E-state index contributed by atoms with van der Waals surface area (Å²) in [5.41, 5.74) is 2.40. The lowest BCUT2D eigenvalue weighted by Gasteiger charge is -2.08. The Kier molecular flexibility index (Phi) is 3.57. The first kappa shape index (κ1) is 13.6. The van der Waals surface area contributed by atoms with Crippen LogP contribution in [0.4, 0.5) is 5.69 Å². The molecule has 1 amide bonds. The molecule has 0 spiro atoms. The second-order valence-electron chi connectivity index (χ2n) is 5.26. The van der Waals surface area contributed by atoms with Gasteiger partial charge in [0.2, 0.25) is 0 Å². The Bertz CT molecular complexity index is 641. The van der Waals surface area contributed by atoms with Crippen LogP contribution in [0.15, 0.2) is 18.2 Å². The predicted molar refractivity (Wildman–Crippen MR) is 77.4 cm³/mol. The highest BCUT2D eigenvalue weighted by molar-refractivity contribution is 6.03. The Morgan fingerprint density at radius 2 is 2.24 bits per heavy atom. The zero-order chi connectivity index (χ0) is 14.8. The molecule has 1 aromatic heterocycles. The van der Waals surface area contributed by atoms with Crippen molar-refractivity contribution < 1.29 is 9.90 Å². The molecule has 2 aromatic rings. The molecule has 2 heterocycles. The molecule has 1 atom stereocenters. The van der Waals surface area contributed by atoms with Gasteiger partial charge in [-0.05, 0) is 37.6 Å². The normalized spacial score (nSPS) is 17.9. The minimum Gasteiger partial charge on any atom is -0.508 e. The fraction of sp³-hybridized carbons (Fsp3) is 0.357. The largest absolute Gasteiger partial charge is 0.508 e. The lowest BCUT2D eigenvalue weighted by Crippen LogP contribution is -2.17. The van der Waals surface area contributed by atoms with Crippen molar-refractivity contribution in [2.24, 2.45) is 0 Å². The van der Waals surface area contributed by atoms with Crippen LogP contribution in [0.2, 0.25) is 0 Å². The van der Waals surface area contributed by atoms with E-state index in [1.165, 1.54) is 6.07 Å². The van der Waals surface area contributed by atoms with Gasteiger partial charge in [-0.25, -0.2) is 0 Å². The van der Waals surface area contributed by atoms with Gasteiger partial charge < -0.3 is 15.7 Å². The molecule has 1 unspecified atom stereocenters. The highest BCUT2D eigenvalue weighted by Crippen LogP contribution is 2.24. The van der Waals surface area contributed by atoms with Gasteiger partial charge in [0, 0.05) is 24.2 Å². The number of carbonyl (C=O) groups is 1. The third kappa shape index (κ3) is 2.87. The molecular weight excluding hydrogens is 270 g/mol. The van der Waals surface area contributed by atoms with Gasteiger partial charge in [-0.3, -0.25) is 4.79 Å². The number of anilines is 1. The summed E-state index contributed by atoms with van der Waals surface area (Å²) < 4.78 is 0. The SMILES string of the molecule is Cc1cc(O)cc(NC(=O)c2n[nH]nc2C2CCNC2)c1. The zero-order valence-electron chi connectivity index (χ0n) is 11.7. The van der Waals surface area contributed by atoms with E-state index in [0.29, 0.717) is 17.1 Å². The lowest BCUT2D eigenvalue weighted by atomic mass is 10.0. The van der Waals surface area contributed by atoms with Crippen LogP contribution in [0.3, 0.4) is 0 Å². The van der Waals surface area contributed by atoms with Gasteiger partial charge in [0.25, 0.3) is 5.91 Å². The van der Waals surface area contributed by atoms with Crippen LogP contribution in [0.5, 0.6) is 5.75 Å². The highest BCUT2D eigenvalue weighted by Gasteiger charge is 2.26. The third-order valence-electron chi connectivity index (χ3n) is 3.56. The summed E-state index contributed by atoms with van der Waals surface area (Å²) in [4.78, 5) is 12.3. The van der Waals surface area contributed by atoms with Crippen LogP contribution in [0.1, 0.15) is 34.1 Å². The second kappa shape index (κ2) is 5.53. The standard InChI is InChI=1S/C14H17N5O2/c1-8-4-10(6-11(20)5-8)16-14(21)13-12(17-19-18-13)9-2-3-15-7-9/h4-6,9,15,20H,2-3,7H2,1H3,(H,16,21)(H,17,18,19). The van der Waals surface area contributed by atoms with Gasteiger partial charge in [-0.1, -0.05) is 0 Å². The number of phenols is 1. The first-order valence-electron chi connectivity index (χ1n) is 6.87. The summed E-state index contributed by atoms with van der Waals surface area (Å²) in [5, 5.41) is 26.2. The number of hydrogen-bond acceptors (Lipinski definition) is 5. The van der Waals surface area contributed by atoms with E-state index in [-0.39, 0.29) is 17.6 Å². The minimum absolute atomic E-state index is 0.116. The van der Waals surface area contributed by atoms with Crippen LogP contribution in [-0.4, -0.2) is 39.5 Å². The van der Waals surface area contributed by atoms with E-state index in [9.17, 15) is 9.90 Å². The van der Waals surface area contributed by atoms with Crippen molar-refractivity contribution in [3.05, 3.63) is 35.2 Å². The summed E-state index contributed by atoms with van der Waals surface area (Å²) in [6, 6.07) is 4.91. The van der Waals surface area contributed by atoms with Crippen molar-refractivity contribution in [2.75, 3.05) is 18.4 Å². The van der Waals surface area contributed by atoms with Crippen molar-refractivity contribution >= 4 is 11.6 Å². The maximum Gasteiger partial charge on any atom is 0.278 e. The highest BCUT2D eigenvalue weighted by atomic mass is 16.3. The Labute approximate surface area is 121 Å². The Hall–Kier alpha value is -2.41. The van der Waals surface area contributed by atoms with E-state index in [2.05, 4.69) is 26.0 Å². The molecule has 1 saturated heterocycles. The number of aromatic hydroxyl groups is 1. The average Bonchev–Trinajstić information content (AvgIpc) is 3.08.